The highest BCUT2D eigenvalue weighted by Crippen LogP contribution is 2.60. The molecule has 1 atom stereocenters. The minimum absolute atomic E-state index is 0.556. The molecule has 2 aliphatic carbocycles. The van der Waals surface area contributed by atoms with Crippen molar-refractivity contribution in [1.29, 1.82) is 0 Å². The molecule has 0 amide bonds. The molecule has 1 unspecified atom stereocenters. The van der Waals surface area contributed by atoms with Crippen LogP contribution in [0.3, 0.4) is 0 Å². The number of aryl methyl sites for hydroxylation is 2. The molecule has 0 saturated heterocycles. The molecular formula is C11H17N3. The van der Waals surface area contributed by atoms with Crippen molar-refractivity contribution in [3.63, 3.8) is 0 Å². The van der Waals surface area contributed by atoms with Crippen molar-refractivity contribution in [2.24, 2.45) is 12.5 Å². The van der Waals surface area contributed by atoms with E-state index in [-0.39, 0.29) is 0 Å². The second-order valence-corrected chi connectivity index (χ2v) is 4.79. The van der Waals surface area contributed by atoms with Gasteiger partial charge in [0.2, 0.25) is 0 Å². The van der Waals surface area contributed by atoms with Gasteiger partial charge in [0.15, 0.2) is 0 Å². The molecule has 1 fully saturated rings. The molecule has 0 aliphatic heterocycles. The summed E-state index contributed by atoms with van der Waals surface area (Å²) in [7, 11) is 4.09. The molecule has 3 heteroatoms. The fourth-order valence-electron chi connectivity index (χ4n) is 2.99. The van der Waals surface area contributed by atoms with Crippen molar-refractivity contribution in [3.05, 3.63) is 17.5 Å². The van der Waals surface area contributed by atoms with Gasteiger partial charge in [0.25, 0.3) is 0 Å². The predicted octanol–water partition coefficient (Wildman–Crippen LogP) is 1.41. The van der Waals surface area contributed by atoms with Crippen molar-refractivity contribution in [2.75, 3.05) is 7.05 Å². The van der Waals surface area contributed by atoms with Crippen LogP contribution in [-0.4, -0.2) is 16.8 Å². The van der Waals surface area contributed by atoms with Crippen LogP contribution in [0.4, 0.5) is 0 Å². The fraction of sp³-hybridized carbons (Fsp3) is 0.727. The van der Waals surface area contributed by atoms with Crippen LogP contribution in [0.5, 0.6) is 0 Å². The topological polar surface area (TPSA) is 29.9 Å². The van der Waals surface area contributed by atoms with Gasteiger partial charge in [-0.25, -0.2) is 0 Å². The van der Waals surface area contributed by atoms with Crippen LogP contribution in [0.1, 0.15) is 36.6 Å². The van der Waals surface area contributed by atoms with E-state index in [9.17, 15) is 0 Å². The molecule has 0 bridgehead atoms. The van der Waals surface area contributed by atoms with E-state index in [2.05, 4.69) is 23.7 Å². The van der Waals surface area contributed by atoms with Crippen molar-refractivity contribution < 1.29 is 0 Å². The highest BCUT2D eigenvalue weighted by Gasteiger charge is 2.52. The summed E-state index contributed by atoms with van der Waals surface area (Å²) in [6, 6.07) is 0.556. The normalized spacial score (nSPS) is 27.7. The van der Waals surface area contributed by atoms with Crippen molar-refractivity contribution >= 4 is 0 Å². The average molecular weight is 191 g/mol. The van der Waals surface area contributed by atoms with E-state index in [0.29, 0.717) is 11.5 Å². The summed E-state index contributed by atoms with van der Waals surface area (Å²) in [6.45, 7) is 0. The summed E-state index contributed by atoms with van der Waals surface area (Å²) >= 11 is 0. The maximum atomic E-state index is 4.52. The van der Waals surface area contributed by atoms with E-state index >= 15 is 0 Å². The summed E-state index contributed by atoms with van der Waals surface area (Å²) in [4.78, 5) is 0. The Labute approximate surface area is 84.5 Å². The number of nitrogens with one attached hydrogen (secondary N) is 1. The number of fused-ring (bicyclic) bond motifs is 1. The minimum atomic E-state index is 0.556. The lowest BCUT2D eigenvalue weighted by Crippen LogP contribution is -2.30. The molecule has 76 valence electrons. The number of aromatic nitrogens is 2. The summed E-state index contributed by atoms with van der Waals surface area (Å²) in [6.07, 6.45) is 7.48. The zero-order chi connectivity index (χ0) is 9.76. The molecule has 0 aromatic carbocycles. The fourth-order valence-corrected chi connectivity index (χ4v) is 2.99. The first kappa shape index (κ1) is 8.48. The third-order valence-electron chi connectivity index (χ3n) is 3.90. The SMILES string of the molecule is CNC1c2cn(C)nc2CCC12CC2. The molecule has 1 aromatic rings. The second kappa shape index (κ2) is 2.60. The zero-order valence-electron chi connectivity index (χ0n) is 8.88. The van der Waals surface area contributed by atoms with Gasteiger partial charge in [-0.15, -0.1) is 0 Å². The highest BCUT2D eigenvalue weighted by atomic mass is 15.3. The van der Waals surface area contributed by atoms with Crippen LogP contribution >= 0.6 is 0 Å². The molecule has 0 radical (unpaired) electrons. The summed E-state index contributed by atoms with van der Waals surface area (Å²) in [5.74, 6) is 0. The molecule has 1 N–H and O–H groups in total. The van der Waals surface area contributed by atoms with Crippen molar-refractivity contribution in [3.8, 4) is 0 Å². The van der Waals surface area contributed by atoms with Crippen LogP contribution in [0.25, 0.3) is 0 Å². The molecule has 1 aromatic heterocycles. The third-order valence-corrected chi connectivity index (χ3v) is 3.90. The van der Waals surface area contributed by atoms with Gasteiger partial charge in [-0.05, 0) is 38.1 Å². The Morgan fingerprint density at radius 2 is 2.29 bits per heavy atom. The maximum Gasteiger partial charge on any atom is 0.0672 e. The molecule has 14 heavy (non-hydrogen) atoms. The van der Waals surface area contributed by atoms with Gasteiger partial charge in [0, 0.05) is 24.8 Å². The Morgan fingerprint density at radius 3 is 2.93 bits per heavy atom. The first-order valence-corrected chi connectivity index (χ1v) is 5.45. The summed E-state index contributed by atoms with van der Waals surface area (Å²) in [5.41, 5.74) is 3.34. The minimum Gasteiger partial charge on any atom is -0.312 e. The van der Waals surface area contributed by atoms with Crippen LogP contribution in [0, 0.1) is 5.41 Å². The van der Waals surface area contributed by atoms with Crippen LogP contribution in [0.15, 0.2) is 6.20 Å². The van der Waals surface area contributed by atoms with Gasteiger partial charge < -0.3 is 5.32 Å². The molecule has 1 heterocycles. The van der Waals surface area contributed by atoms with Gasteiger partial charge in [-0.3, -0.25) is 4.68 Å². The monoisotopic (exact) mass is 191 g/mol. The second-order valence-electron chi connectivity index (χ2n) is 4.79. The Balaban J connectivity index is 2.05. The number of hydrogen-bond donors (Lipinski definition) is 1. The van der Waals surface area contributed by atoms with Crippen molar-refractivity contribution in [1.82, 2.24) is 15.1 Å². The van der Waals surface area contributed by atoms with Gasteiger partial charge in [-0.2, -0.15) is 5.10 Å². The maximum absolute atomic E-state index is 4.52. The largest absolute Gasteiger partial charge is 0.312 e. The molecule has 2 aliphatic rings. The summed E-state index contributed by atoms with van der Waals surface area (Å²) < 4.78 is 1.95. The van der Waals surface area contributed by atoms with Crippen molar-refractivity contribution in [2.45, 2.75) is 31.7 Å². The van der Waals surface area contributed by atoms with Gasteiger partial charge in [-0.1, -0.05) is 0 Å². The summed E-state index contributed by atoms with van der Waals surface area (Å²) in [5, 5.41) is 7.99. The molecule has 1 saturated carbocycles. The van der Waals surface area contributed by atoms with Gasteiger partial charge in [0.05, 0.1) is 5.69 Å². The van der Waals surface area contributed by atoms with E-state index < -0.39 is 0 Å². The Kier molecular flexibility index (Phi) is 1.57. The number of nitrogens with zero attached hydrogens (tertiary/aromatic N) is 2. The Bertz CT molecular complexity index is 363. The predicted molar refractivity (Wildman–Crippen MR) is 55.0 cm³/mol. The molecule has 1 spiro atoms. The molecular weight excluding hydrogens is 174 g/mol. The average Bonchev–Trinajstić information content (AvgIpc) is 2.82. The number of hydrogen-bond acceptors (Lipinski definition) is 2. The lowest BCUT2D eigenvalue weighted by Gasteiger charge is -2.30. The van der Waals surface area contributed by atoms with E-state index in [1.54, 1.807) is 0 Å². The standard InChI is InChI=1S/C11H17N3/c1-12-10-8-7-14(2)13-9(8)3-4-11(10)5-6-11/h7,10,12H,3-6H2,1-2H3. The Hall–Kier alpha value is -0.830. The highest BCUT2D eigenvalue weighted by molar-refractivity contribution is 5.30. The molecule has 3 nitrogen and oxygen atoms in total. The van der Waals surface area contributed by atoms with E-state index in [4.69, 9.17) is 0 Å². The first-order chi connectivity index (χ1) is 6.75. The quantitative estimate of drug-likeness (QED) is 0.727. The van der Waals surface area contributed by atoms with Crippen LogP contribution < -0.4 is 5.32 Å². The Morgan fingerprint density at radius 1 is 1.50 bits per heavy atom. The molecule has 3 rings (SSSR count). The number of rotatable bonds is 1. The van der Waals surface area contributed by atoms with E-state index in [1.807, 2.05) is 11.7 Å². The van der Waals surface area contributed by atoms with Crippen LogP contribution in [-0.2, 0) is 13.5 Å². The van der Waals surface area contributed by atoms with Crippen LogP contribution in [0.2, 0.25) is 0 Å². The first-order valence-electron chi connectivity index (χ1n) is 5.45. The third kappa shape index (κ3) is 0.989. The van der Waals surface area contributed by atoms with Gasteiger partial charge in [0.1, 0.15) is 0 Å². The lowest BCUT2D eigenvalue weighted by molar-refractivity contribution is 0.311. The lowest BCUT2D eigenvalue weighted by atomic mass is 9.80. The zero-order valence-corrected chi connectivity index (χ0v) is 8.88. The van der Waals surface area contributed by atoms with E-state index in [1.165, 1.54) is 36.9 Å². The van der Waals surface area contributed by atoms with Gasteiger partial charge >= 0.3 is 0 Å². The smallest absolute Gasteiger partial charge is 0.0672 e. The van der Waals surface area contributed by atoms with E-state index in [0.717, 1.165) is 0 Å².